The zero-order valence-electron chi connectivity index (χ0n) is 8.73. The van der Waals surface area contributed by atoms with Crippen molar-refractivity contribution >= 4 is 20.6 Å². The molecule has 0 aromatic heterocycles. The third kappa shape index (κ3) is 3.59. The first-order valence-electron chi connectivity index (χ1n) is 5.27. The zero-order chi connectivity index (χ0) is 10.5. The maximum Gasteiger partial charge on any atom is 0.102 e. The van der Waals surface area contributed by atoms with Gasteiger partial charge in [-0.3, -0.25) is 9.89 Å². The molecule has 0 radical (unpaired) electrons. The van der Waals surface area contributed by atoms with E-state index in [2.05, 4.69) is 30.7 Å². The minimum atomic E-state index is 0.876. The second-order valence-electron chi connectivity index (χ2n) is 3.73. The molecule has 0 saturated carbocycles. The SMILES string of the molecule is BrC1=NC=CN(CCN2CCOCC2)C1. The summed E-state index contributed by atoms with van der Waals surface area (Å²) in [4.78, 5) is 8.86. The molecule has 2 aliphatic heterocycles. The molecule has 4 nitrogen and oxygen atoms in total. The average Bonchev–Trinajstić information content (AvgIpc) is 2.28. The molecule has 0 bridgehead atoms. The summed E-state index contributed by atoms with van der Waals surface area (Å²) in [5.74, 6) is 0. The summed E-state index contributed by atoms with van der Waals surface area (Å²) < 4.78 is 6.32. The fraction of sp³-hybridized carbons (Fsp3) is 0.700. The molecule has 0 N–H and O–H groups in total. The van der Waals surface area contributed by atoms with Crippen LogP contribution in [0.3, 0.4) is 0 Å². The van der Waals surface area contributed by atoms with E-state index in [0.717, 1.165) is 50.6 Å². The van der Waals surface area contributed by atoms with Gasteiger partial charge < -0.3 is 9.64 Å². The van der Waals surface area contributed by atoms with Gasteiger partial charge in [0.2, 0.25) is 0 Å². The van der Waals surface area contributed by atoms with Crippen molar-refractivity contribution in [2.75, 3.05) is 45.9 Å². The lowest BCUT2D eigenvalue weighted by Crippen LogP contribution is -2.41. The highest BCUT2D eigenvalue weighted by molar-refractivity contribution is 9.18. The van der Waals surface area contributed by atoms with E-state index in [9.17, 15) is 0 Å². The van der Waals surface area contributed by atoms with Gasteiger partial charge in [-0.15, -0.1) is 0 Å². The lowest BCUT2D eigenvalue weighted by molar-refractivity contribution is 0.0357. The van der Waals surface area contributed by atoms with Gasteiger partial charge in [0.05, 0.1) is 19.8 Å². The van der Waals surface area contributed by atoms with Crippen molar-refractivity contribution in [3.63, 3.8) is 0 Å². The molecule has 0 aromatic carbocycles. The smallest absolute Gasteiger partial charge is 0.102 e. The Morgan fingerprint density at radius 3 is 2.87 bits per heavy atom. The van der Waals surface area contributed by atoms with Gasteiger partial charge >= 0.3 is 0 Å². The van der Waals surface area contributed by atoms with Crippen LogP contribution in [-0.4, -0.2) is 60.4 Å². The number of hydrogen-bond acceptors (Lipinski definition) is 4. The van der Waals surface area contributed by atoms with E-state index in [-0.39, 0.29) is 0 Å². The van der Waals surface area contributed by atoms with E-state index >= 15 is 0 Å². The number of halogens is 1. The largest absolute Gasteiger partial charge is 0.379 e. The molecule has 0 aromatic rings. The molecule has 1 saturated heterocycles. The molecule has 84 valence electrons. The highest BCUT2D eigenvalue weighted by atomic mass is 79.9. The number of nitrogens with zero attached hydrogens (tertiary/aromatic N) is 3. The van der Waals surface area contributed by atoms with Crippen LogP contribution in [0.1, 0.15) is 0 Å². The molecular weight excluding hydrogens is 258 g/mol. The van der Waals surface area contributed by atoms with E-state index in [1.165, 1.54) is 0 Å². The lowest BCUT2D eigenvalue weighted by atomic mass is 10.4. The van der Waals surface area contributed by atoms with Gasteiger partial charge in [0.15, 0.2) is 0 Å². The van der Waals surface area contributed by atoms with Crippen LogP contribution in [0.25, 0.3) is 0 Å². The Labute approximate surface area is 98.7 Å². The molecule has 5 heteroatoms. The first-order valence-corrected chi connectivity index (χ1v) is 6.07. The van der Waals surface area contributed by atoms with Crippen molar-refractivity contribution in [1.82, 2.24) is 9.80 Å². The van der Waals surface area contributed by atoms with Crippen molar-refractivity contribution in [1.29, 1.82) is 0 Å². The standard InChI is InChI=1S/C10H16BrN3O/c11-10-9-14(2-1-12-10)4-3-13-5-7-15-8-6-13/h1-2H,3-9H2. The molecule has 0 spiro atoms. The predicted molar refractivity (Wildman–Crippen MR) is 64.3 cm³/mol. The van der Waals surface area contributed by atoms with E-state index in [4.69, 9.17) is 4.74 Å². The lowest BCUT2D eigenvalue weighted by Gasteiger charge is -2.29. The summed E-state index contributed by atoms with van der Waals surface area (Å²) in [6, 6.07) is 0. The van der Waals surface area contributed by atoms with Crippen molar-refractivity contribution in [3.05, 3.63) is 12.4 Å². The van der Waals surface area contributed by atoms with Crippen molar-refractivity contribution in [3.8, 4) is 0 Å². The highest BCUT2D eigenvalue weighted by Gasteiger charge is 2.12. The van der Waals surface area contributed by atoms with E-state index < -0.39 is 0 Å². The highest BCUT2D eigenvalue weighted by Crippen LogP contribution is 2.05. The molecule has 2 rings (SSSR count). The molecule has 2 aliphatic rings. The van der Waals surface area contributed by atoms with Crippen molar-refractivity contribution < 1.29 is 4.74 Å². The summed E-state index contributed by atoms with van der Waals surface area (Å²) in [5, 5.41) is 0. The number of morpholine rings is 1. The van der Waals surface area contributed by atoms with Gasteiger partial charge in [-0.05, 0) is 15.9 Å². The average molecular weight is 274 g/mol. The van der Waals surface area contributed by atoms with Gasteiger partial charge in [0, 0.05) is 38.6 Å². The van der Waals surface area contributed by atoms with Gasteiger partial charge in [0.1, 0.15) is 4.62 Å². The molecule has 1 fully saturated rings. The predicted octanol–water partition coefficient (Wildman–Crippen LogP) is 0.899. The van der Waals surface area contributed by atoms with Crippen molar-refractivity contribution in [2.24, 2.45) is 4.99 Å². The Balaban J connectivity index is 1.69. The van der Waals surface area contributed by atoms with Crippen LogP contribution < -0.4 is 0 Å². The maximum atomic E-state index is 5.31. The summed E-state index contributed by atoms with van der Waals surface area (Å²) >= 11 is 3.42. The van der Waals surface area contributed by atoms with Gasteiger partial charge in [-0.1, -0.05) is 0 Å². The minimum absolute atomic E-state index is 0.876. The third-order valence-electron chi connectivity index (χ3n) is 2.63. The van der Waals surface area contributed by atoms with Gasteiger partial charge in [-0.2, -0.15) is 0 Å². The zero-order valence-corrected chi connectivity index (χ0v) is 10.3. The van der Waals surface area contributed by atoms with E-state index in [0.29, 0.717) is 0 Å². The van der Waals surface area contributed by atoms with Crippen LogP contribution in [0.4, 0.5) is 0 Å². The molecule has 2 heterocycles. The first-order chi connectivity index (χ1) is 7.34. The van der Waals surface area contributed by atoms with Crippen LogP contribution in [-0.2, 0) is 4.74 Å². The topological polar surface area (TPSA) is 28.1 Å². The van der Waals surface area contributed by atoms with Crippen LogP contribution in [0.5, 0.6) is 0 Å². The number of hydrogen-bond donors (Lipinski definition) is 0. The summed E-state index contributed by atoms with van der Waals surface area (Å²) in [7, 11) is 0. The molecule has 15 heavy (non-hydrogen) atoms. The fourth-order valence-electron chi connectivity index (χ4n) is 1.72. The van der Waals surface area contributed by atoms with E-state index in [1.54, 1.807) is 0 Å². The first kappa shape index (κ1) is 11.1. The molecule has 0 atom stereocenters. The third-order valence-corrected chi connectivity index (χ3v) is 3.09. The van der Waals surface area contributed by atoms with Crippen molar-refractivity contribution in [2.45, 2.75) is 0 Å². The Bertz CT molecular complexity index is 261. The van der Waals surface area contributed by atoms with Crippen LogP contribution in [0.2, 0.25) is 0 Å². The number of rotatable bonds is 3. The Hall–Kier alpha value is -0.390. The van der Waals surface area contributed by atoms with Crippen LogP contribution >= 0.6 is 15.9 Å². The number of aliphatic imine (C=N–C) groups is 1. The quantitative estimate of drug-likeness (QED) is 0.765. The molecule has 0 amide bonds. The van der Waals surface area contributed by atoms with Gasteiger partial charge in [0.25, 0.3) is 0 Å². The van der Waals surface area contributed by atoms with Gasteiger partial charge in [-0.25, -0.2) is 0 Å². The molecule has 0 unspecified atom stereocenters. The molecule has 0 aliphatic carbocycles. The second-order valence-corrected chi connectivity index (χ2v) is 4.64. The Morgan fingerprint density at radius 1 is 1.33 bits per heavy atom. The Morgan fingerprint density at radius 2 is 2.13 bits per heavy atom. The Kier molecular flexibility index (Phi) is 4.17. The summed E-state index contributed by atoms with van der Waals surface area (Å²) in [6.45, 7) is 6.93. The van der Waals surface area contributed by atoms with Crippen LogP contribution in [0, 0.1) is 0 Å². The van der Waals surface area contributed by atoms with E-state index in [1.807, 2.05) is 12.4 Å². The fourth-order valence-corrected chi connectivity index (χ4v) is 2.16. The second kappa shape index (κ2) is 5.63. The molecular formula is C10H16BrN3O. The van der Waals surface area contributed by atoms with Crippen LogP contribution in [0.15, 0.2) is 17.4 Å². The number of ether oxygens (including phenoxy) is 1. The minimum Gasteiger partial charge on any atom is -0.379 e. The summed E-state index contributed by atoms with van der Waals surface area (Å²) in [5.41, 5.74) is 0. The maximum absolute atomic E-state index is 5.31. The monoisotopic (exact) mass is 273 g/mol. The normalized spacial score (nSPS) is 23.0. The summed E-state index contributed by atoms with van der Waals surface area (Å²) in [6.07, 6.45) is 3.89.